The summed E-state index contributed by atoms with van der Waals surface area (Å²) in [5, 5.41) is 20.4. The molecule has 8 nitrogen and oxygen atoms in total. The van der Waals surface area contributed by atoms with Crippen LogP contribution >= 0.6 is 0 Å². The normalized spacial score (nSPS) is 23.9. The second-order valence-corrected chi connectivity index (χ2v) is 3.51. The number of carbonyl (C=O) groups is 2. The number of amides is 2. The second-order valence-electron chi connectivity index (χ2n) is 3.51. The van der Waals surface area contributed by atoms with Gasteiger partial charge in [0.15, 0.2) is 5.60 Å². The molecular weight excluding hydrogens is 230 g/mol. The lowest BCUT2D eigenvalue weighted by Gasteiger charge is -2.40. The largest absolute Gasteiger partial charge is 0.452 e. The van der Waals surface area contributed by atoms with Crippen LogP contribution in [0.25, 0.3) is 0 Å². The topological polar surface area (TPSA) is 103 Å². The van der Waals surface area contributed by atoms with E-state index < -0.39 is 17.8 Å². The van der Waals surface area contributed by atoms with Crippen LogP contribution in [-0.4, -0.2) is 60.2 Å². The maximum atomic E-state index is 11.4. The molecule has 0 bridgehead atoms. The first-order chi connectivity index (χ1) is 7.97. The molecule has 8 heteroatoms. The molecule has 0 aromatic carbocycles. The molecule has 1 heterocycles. The number of rotatable bonds is 0. The predicted octanol–water partition coefficient (Wildman–Crippen LogP) is -0.303. The molecule has 1 fully saturated rings. The summed E-state index contributed by atoms with van der Waals surface area (Å²) in [5.41, 5.74) is -1.68. The molecule has 0 aliphatic carbocycles. The SMILES string of the molecule is COC(=O)N1CC[C@](O)(C#N)CN1C(=O)OC. The molecule has 17 heavy (non-hydrogen) atoms. The van der Waals surface area contributed by atoms with Gasteiger partial charge in [0.25, 0.3) is 0 Å². The van der Waals surface area contributed by atoms with Crippen molar-refractivity contribution in [1.82, 2.24) is 10.0 Å². The third-order valence-corrected chi connectivity index (χ3v) is 2.42. The van der Waals surface area contributed by atoms with Gasteiger partial charge in [0.05, 0.1) is 33.4 Å². The highest BCUT2D eigenvalue weighted by Gasteiger charge is 2.42. The van der Waals surface area contributed by atoms with Crippen LogP contribution in [0.3, 0.4) is 0 Å². The number of nitrogens with zero attached hydrogens (tertiary/aromatic N) is 3. The fourth-order valence-corrected chi connectivity index (χ4v) is 1.48. The minimum atomic E-state index is -1.68. The number of methoxy groups -OCH3 is 2. The van der Waals surface area contributed by atoms with Gasteiger partial charge in [-0.25, -0.2) is 19.6 Å². The van der Waals surface area contributed by atoms with E-state index in [1.165, 1.54) is 7.11 Å². The van der Waals surface area contributed by atoms with E-state index >= 15 is 0 Å². The summed E-state index contributed by atoms with van der Waals surface area (Å²) in [4.78, 5) is 22.8. The average Bonchev–Trinajstić information content (AvgIpc) is 2.36. The zero-order chi connectivity index (χ0) is 13.1. The predicted molar refractivity (Wildman–Crippen MR) is 53.4 cm³/mol. The van der Waals surface area contributed by atoms with Crippen molar-refractivity contribution < 1.29 is 24.2 Å². The molecule has 0 aromatic heterocycles. The van der Waals surface area contributed by atoms with E-state index in [1.54, 1.807) is 6.07 Å². The Hall–Kier alpha value is -2.01. The minimum absolute atomic E-state index is 0.00810. The van der Waals surface area contributed by atoms with E-state index in [2.05, 4.69) is 9.47 Å². The molecule has 2 amide bonds. The van der Waals surface area contributed by atoms with Gasteiger partial charge in [-0.1, -0.05) is 0 Å². The smallest absolute Gasteiger partial charge is 0.428 e. The Morgan fingerprint density at radius 3 is 2.29 bits per heavy atom. The Bertz CT molecular complexity index is 366. The minimum Gasteiger partial charge on any atom is -0.452 e. The molecule has 1 aliphatic heterocycles. The molecule has 1 saturated heterocycles. The van der Waals surface area contributed by atoms with Crippen molar-refractivity contribution in [2.24, 2.45) is 0 Å². The highest BCUT2D eigenvalue weighted by molar-refractivity contribution is 5.74. The number of hydrogen-bond acceptors (Lipinski definition) is 6. The monoisotopic (exact) mass is 243 g/mol. The maximum absolute atomic E-state index is 11.4. The lowest BCUT2D eigenvalue weighted by atomic mass is 9.99. The average molecular weight is 243 g/mol. The standard InChI is InChI=1S/C9H13N3O5/c1-16-7(13)11-4-3-9(15,5-10)6-12(11)8(14)17-2/h15H,3-4,6H2,1-2H3/t9-/m0/s1. The molecule has 0 unspecified atom stereocenters. The van der Waals surface area contributed by atoms with Crippen LogP contribution in [0.5, 0.6) is 0 Å². The van der Waals surface area contributed by atoms with Gasteiger partial charge in [0, 0.05) is 6.42 Å². The van der Waals surface area contributed by atoms with Crippen molar-refractivity contribution in [3.05, 3.63) is 0 Å². The van der Waals surface area contributed by atoms with Crippen molar-refractivity contribution in [2.75, 3.05) is 27.3 Å². The van der Waals surface area contributed by atoms with Crippen LogP contribution in [0.2, 0.25) is 0 Å². The number of carbonyl (C=O) groups excluding carboxylic acids is 2. The fraction of sp³-hybridized carbons (Fsp3) is 0.667. The molecule has 0 radical (unpaired) electrons. The molecule has 94 valence electrons. The lowest BCUT2D eigenvalue weighted by Crippen LogP contribution is -2.61. The van der Waals surface area contributed by atoms with Gasteiger partial charge >= 0.3 is 12.2 Å². The summed E-state index contributed by atoms with van der Waals surface area (Å²) < 4.78 is 8.96. The zero-order valence-corrected chi connectivity index (χ0v) is 9.54. The van der Waals surface area contributed by atoms with E-state index in [1.807, 2.05) is 0 Å². The summed E-state index contributed by atoms with van der Waals surface area (Å²) >= 11 is 0. The van der Waals surface area contributed by atoms with Crippen LogP contribution < -0.4 is 0 Å². The molecule has 1 atom stereocenters. The Morgan fingerprint density at radius 1 is 1.29 bits per heavy atom. The number of hydrazine groups is 1. The molecule has 1 rings (SSSR count). The number of ether oxygens (including phenoxy) is 2. The van der Waals surface area contributed by atoms with E-state index in [-0.39, 0.29) is 19.5 Å². The Kier molecular flexibility index (Phi) is 3.75. The third kappa shape index (κ3) is 2.57. The van der Waals surface area contributed by atoms with Gasteiger partial charge in [0.2, 0.25) is 0 Å². The third-order valence-electron chi connectivity index (χ3n) is 2.42. The summed E-state index contributed by atoms with van der Waals surface area (Å²) in [5.74, 6) is 0. The van der Waals surface area contributed by atoms with Crippen molar-refractivity contribution in [3.8, 4) is 6.07 Å². The highest BCUT2D eigenvalue weighted by Crippen LogP contribution is 2.21. The van der Waals surface area contributed by atoms with Gasteiger partial charge in [-0.2, -0.15) is 5.26 Å². The quantitative estimate of drug-likeness (QED) is 0.586. The van der Waals surface area contributed by atoms with E-state index in [0.717, 1.165) is 17.1 Å². The first kappa shape index (κ1) is 13.1. The molecule has 0 aromatic rings. The zero-order valence-electron chi connectivity index (χ0n) is 9.54. The van der Waals surface area contributed by atoms with Crippen molar-refractivity contribution >= 4 is 12.2 Å². The first-order valence-electron chi connectivity index (χ1n) is 4.82. The first-order valence-corrected chi connectivity index (χ1v) is 4.82. The maximum Gasteiger partial charge on any atom is 0.428 e. The lowest BCUT2D eigenvalue weighted by molar-refractivity contribution is -0.0882. The summed E-state index contributed by atoms with van der Waals surface area (Å²) in [6.45, 7) is -0.350. The van der Waals surface area contributed by atoms with Gasteiger partial charge in [-0.3, -0.25) is 0 Å². The van der Waals surface area contributed by atoms with Crippen LogP contribution in [0.1, 0.15) is 6.42 Å². The van der Waals surface area contributed by atoms with Gasteiger partial charge in [-0.05, 0) is 0 Å². The fourth-order valence-electron chi connectivity index (χ4n) is 1.48. The highest BCUT2D eigenvalue weighted by atomic mass is 16.6. The van der Waals surface area contributed by atoms with Crippen molar-refractivity contribution in [1.29, 1.82) is 5.26 Å². The number of hydrogen-bond donors (Lipinski definition) is 1. The van der Waals surface area contributed by atoms with Crippen molar-refractivity contribution in [2.45, 2.75) is 12.0 Å². The van der Waals surface area contributed by atoms with Crippen LogP contribution in [0.4, 0.5) is 9.59 Å². The summed E-state index contributed by atoms with van der Waals surface area (Å²) in [7, 11) is 2.31. The van der Waals surface area contributed by atoms with Gasteiger partial charge in [-0.15, -0.1) is 0 Å². The van der Waals surface area contributed by atoms with Crippen LogP contribution in [0.15, 0.2) is 0 Å². The second kappa shape index (κ2) is 4.88. The van der Waals surface area contributed by atoms with Gasteiger partial charge in [0.1, 0.15) is 0 Å². The summed E-state index contributed by atoms with van der Waals surface area (Å²) in [6, 6.07) is 1.69. The molecule has 1 N–H and O–H groups in total. The number of nitriles is 1. The Labute approximate surface area is 97.9 Å². The van der Waals surface area contributed by atoms with Gasteiger partial charge < -0.3 is 14.6 Å². The van der Waals surface area contributed by atoms with Crippen LogP contribution in [0, 0.1) is 11.3 Å². The van der Waals surface area contributed by atoms with E-state index in [0.29, 0.717) is 0 Å². The van der Waals surface area contributed by atoms with Crippen molar-refractivity contribution in [3.63, 3.8) is 0 Å². The Morgan fingerprint density at radius 2 is 1.82 bits per heavy atom. The number of β-amino-alcohol motifs (C(OH)–C–C–N with tert-alkyl or cyclic N) is 1. The van der Waals surface area contributed by atoms with E-state index in [9.17, 15) is 14.7 Å². The van der Waals surface area contributed by atoms with E-state index in [4.69, 9.17) is 5.26 Å². The van der Waals surface area contributed by atoms with Crippen LogP contribution in [-0.2, 0) is 9.47 Å². The summed E-state index contributed by atoms with van der Waals surface area (Å²) in [6.07, 6.45) is -1.56. The number of aliphatic hydroxyl groups is 1. The molecule has 0 spiro atoms. The molecular formula is C9H13N3O5. The molecule has 0 saturated carbocycles. The Balaban J connectivity index is 2.92. The molecule has 1 aliphatic rings.